The third-order valence-corrected chi connectivity index (χ3v) is 6.17. The third kappa shape index (κ3) is 4.38. The molecule has 1 saturated carbocycles. The zero-order valence-corrected chi connectivity index (χ0v) is 16.1. The van der Waals surface area contributed by atoms with Crippen molar-refractivity contribution < 1.29 is 9.18 Å². The van der Waals surface area contributed by atoms with Crippen molar-refractivity contribution in [2.75, 3.05) is 19.6 Å². The van der Waals surface area contributed by atoms with Crippen molar-refractivity contribution >= 4 is 5.91 Å². The first-order valence-electron chi connectivity index (χ1n) is 10.1. The van der Waals surface area contributed by atoms with Crippen molar-refractivity contribution in [3.05, 3.63) is 42.0 Å². The van der Waals surface area contributed by atoms with E-state index in [4.69, 9.17) is 0 Å². The van der Waals surface area contributed by atoms with Gasteiger partial charge in [0.2, 0.25) is 5.91 Å². The summed E-state index contributed by atoms with van der Waals surface area (Å²) >= 11 is 0. The number of tetrazole rings is 1. The lowest BCUT2D eigenvalue weighted by Gasteiger charge is -2.39. The van der Waals surface area contributed by atoms with Crippen LogP contribution in [0.15, 0.2) is 30.6 Å². The van der Waals surface area contributed by atoms with E-state index in [0.29, 0.717) is 0 Å². The molecule has 2 heterocycles. The predicted octanol–water partition coefficient (Wildman–Crippen LogP) is 1.90. The van der Waals surface area contributed by atoms with Crippen LogP contribution in [0.4, 0.5) is 4.39 Å². The van der Waals surface area contributed by atoms with Crippen molar-refractivity contribution in [3.63, 3.8) is 0 Å². The SMILES string of the molecule is O=C(Cn1cnnn1)NC1CCN(CC2(c3cccc(F)c3)CCCC2)CC1. The summed E-state index contributed by atoms with van der Waals surface area (Å²) in [5, 5.41) is 13.9. The first-order valence-corrected chi connectivity index (χ1v) is 10.1. The molecule has 2 fully saturated rings. The molecule has 0 spiro atoms. The monoisotopic (exact) mass is 386 g/mol. The highest BCUT2D eigenvalue weighted by atomic mass is 19.1. The first-order chi connectivity index (χ1) is 13.6. The maximum absolute atomic E-state index is 13.8. The lowest BCUT2D eigenvalue weighted by atomic mass is 9.78. The molecular formula is C20H27FN6O. The molecular weight excluding hydrogens is 359 g/mol. The average Bonchev–Trinajstić information content (AvgIpc) is 3.36. The molecule has 8 heteroatoms. The van der Waals surface area contributed by atoms with Gasteiger partial charge < -0.3 is 10.2 Å². The minimum atomic E-state index is -0.146. The van der Waals surface area contributed by atoms with Gasteiger partial charge in [-0.15, -0.1) is 5.10 Å². The number of piperidine rings is 1. The number of likely N-dealkylation sites (tertiary alicyclic amines) is 1. The Morgan fingerprint density at radius 2 is 2.04 bits per heavy atom. The van der Waals surface area contributed by atoms with Crippen LogP contribution < -0.4 is 5.32 Å². The van der Waals surface area contributed by atoms with Crippen LogP contribution >= 0.6 is 0 Å². The summed E-state index contributed by atoms with van der Waals surface area (Å²) in [5.74, 6) is -0.203. The normalized spacial score (nSPS) is 20.3. The molecule has 1 aromatic heterocycles. The van der Waals surface area contributed by atoms with Gasteiger partial charge in [-0.1, -0.05) is 25.0 Å². The quantitative estimate of drug-likeness (QED) is 0.821. The molecule has 1 aliphatic carbocycles. The summed E-state index contributed by atoms with van der Waals surface area (Å²) in [4.78, 5) is 14.6. The second-order valence-electron chi connectivity index (χ2n) is 8.12. The van der Waals surface area contributed by atoms with Crippen LogP contribution in [0, 0.1) is 5.82 Å². The van der Waals surface area contributed by atoms with Gasteiger partial charge in [-0.25, -0.2) is 9.07 Å². The fourth-order valence-corrected chi connectivity index (χ4v) is 4.74. The molecule has 1 saturated heterocycles. The molecule has 1 aliphatic heterocycles. The number of rotatable bonds is 6. The van der Waals surface area contributed by atoms with Gasteiger partial charge in [0.1, 0.15) is 18.7 Å². The molecule has 2 aliphatic rings. The molecule has 0 unspecified atom stereocenters. The number of nitrogens with one attached hydrogen (secondary N) is 1. The van der Waals surface area contributed by atoms with Crippen LogP contribution in [0.25, 0.3) is 0 Å². The Kier molecular flexibility index (Phi) is 5.66. The van der Waals surface area contributed by atoms with E-state index >= 15 is 0 Å². The number of aromatic nitrogens is 4. The van der Waals surface area contributed by atoms with Gasteiger partial charge in [0, 0.05) is 31.1 Å². The van der Waals surface area contributed by atoms with Crippen molar-refractivity contribution in [1.82, 2.24) is 30.4 Å². The van der Waals surface area contributed by atoms with Gasteiger partial charge in [-0.05, 0) is 53.8 Å². The van der Waals surface area contributed by atoms with Gasteiger partial charge in [-0.2, -0.15) is 0 Å². The smallest absolute Gasteiger partial charge is 0.242 e. The molecule has 150 valence electrons. The Balaban J connectivity index is 1.31. The van der Waals surface area contributed by atoms with Crippen LogP contribution in [-0.4, -0.2) is 56.7 Å². The van der Waals surface area contributed by atoms with Gasteiger partial charge in [0.15, 0.2) is 0 Å². The molecule has 0 bridgehead atoms. The number of nitrogens with zero attached hydrogens (tertiary/aromatic N) is 5. The second kappa shape index (κ2) is 8.34. The topological polar surface area (TPSA) is 75.9 Å². The summed E-state index contributed by atoms with van der Waals surface area (Å²) < 4.78 is 15.2. The minimum absolute atomic E-state index is 0.0576. The summed E-state index contributed by atoms with van der Waals surface area (Å²) in [6.07, 6.45) is 7.97. The fourth-order valence-electron chi connectivity index (χ4n) is 4.74. The molecule has 0 radical (unpaired) electrons. The Labute approximate surface area is 164 Å². The van der Waals surface area contributed by atoms with Crippen molar-refractivity contribution in [2.24, 2.45) is 0 Å². The van der Waals surface area contributed by atoms with Crippen LogP contribution in [0.1, 0.15) is 44.1 Å². The van der Waals surface area contributed by atoms with E-state index in [0.717, 1.165) is 50.9 Å². The summed E-state index contributed by atoms with van der Waals surface area (Å²) in [5.41, 5.74) is 1.21. The Bertz CT molecular complexity index is 782. The Morgan fingerprint density at radius 3 is 2.71 bits per heavy atom. The van der Waals surface area contributed by atoms with Gasteiger partial charge in [-0.3, -0.25) is 4.79 Å². The maximum Gasteiger partial charge on any atom is 0.242 e. The van der Waals surface area contributed by atoms with E-state index in [-0.39, 0.29) is 29.7 Å². The number of carbonyl (C=O) groups excluding carboxylic acids is 1. The molecule has 4 rings (SSSR count). The number of hydrogen-bond acceptors (Lipinski definition) is 5. The first kappa shape index (κ1) is 19.0. The molecule has 2 aromatic rings. The van der Waals surface area contributed by atoms with Crippen LogP contribution in [0.5, 0.6) is 0 Å². The highest BCUT2D eigenvalue weighted by Crippen LogP contribution is 2.42. The lowest BCUT2D eigenvalue weighted by molar-refractivity contribution is -0.122. The van der Waals surface area contributed by atoms with E-state index in [1.165, 1.54) is 29.9 Å². The minimum Gasteiger partial charge on any atom is -0.352 e. The number of halogens is 1. The molecule has 1 aromatic carbocycles. The van der Waals surface area contributed by atoms with Gasteiger partial charge in [0.05, 0.1) is 0 Å². The van der Waals surface area contributed by atoms with E-state index in [1.54, 1.807) is 6.07 Å². The molecule has 7 nitrogen and oxygen atoms in total. The summed E-state index contributed by atoms with van der Waals surface area (Å²) in [7, 11) is 0. The highest BCUT2D eigenvalue weighted by Gasteiger charge is 2.38. The van der Waals surface area contributed by atoms with Gasteiger partial charge in [0.25, 0.3) is 0 Å². The molecule has 28 heavy (non-hydrogen) atoms. The predicted molar refractivity (Wildman–Crippen MR) is 102 cm³/mol. The van der Waals surface area contributed by atoms with E-state index in [2.05, 4.69) is 31.8 Å². The standard InChI is InChI=1S/C20H27FN6O/c21-17-5-3-4-16(12-17)20(8-1-2-9-20)14-26-10-6-18(7-11-26)23-19(28)13-27-15-22-24-25-27/h3-5,12,15,18H,1-2,6-11,13-14H2,(H,23,28). The van der Waals surface area contributed by atoms with Crippen LogP contribution in [0.2, 0.25) is 0 Å². The Morgan fingerprint density at radius 1 is 1.25 bits per heavy atom. The van der Waals surface area contributed by atoms with Crippen molar-refractivity contribution in [1.29, 1.82) is 0 Å². The molecule has 0 atom stereocenters. The summed E-state index contributed by atoms with van der Waals surface area (Å²) in [6.45, 7) is 3.03. The zero-order chi connectivity index (χ0) is 19.4. The van der Waals surface area contributed by atoms with Crippen molar-refractivity contribution in [3.8, 4) is 0 Å². The Hall–Kier alpha value is -2.35. The van der Waals surface area contributed by atoms with Gasteiger partial charge >= 0.3 is 0 Å². The lowest BCUT2D eigenvalue weighted by Crippen LogP contribution is -2.48. The maximum atomic E-state index is 13.8. The third-order valence-electron chi connectivity index (χ3n) is 6.17. The number of benzene rings is 1. The van der Waals surface area contributed by atoms with Crippen LogP contribution in [0.3, 0.4) is 0 Å². The highest BCUT2D eigenvalue weighted by molar-refractivity contribution is 5.75. The van der Waals surface area contributed by atoms with E-state index in [1.807, 2.05) is 6.07 Å². The number of carbonyl (C=O) groups is 1. The fraction of sp³-hybridized carbons (Fsp3) is 0.600. The zero-order valence-electron chi connectivity index (χ0n) is 16.1. The number of hydrogen-bond donors (Lipinski definition) is 1. The molecule has 1 N–H and O–H groups in total. The average molecular weight is 386 g/mol. The van der Waals surface area contributed by atoms with Crippen LogP contribution in [-0.2, 0) is 16.8 Å². The largest absolute Gasteiger partial charge is 0.352 e. The van der Waals surface area contributed by atoms with E-state index < -0.39 is 0 Å². The number of amides is 1. The van der Waals surface area contributed by atoms with Crippen molar-refractivity contribution in [2.45, 2.75) is 56.5 Å². The summed E-state index contributed by atoms with van der Waals surface area (Å²) in [6, 6.07) is 7.35. The molecule has 1 amide bonds. The van der Waals surface area contributed by atoms with E-state index in [9.17, 15) is 9.18 Å². The second-order valence-corrected chi connectivity index (χ2v) is 8.12.